The number of halogens is 3. The zero-order chi connectivity index (χ0) is 52.5. The Labute approximate surface area is 420 Å². The Morgan fingerprint density at radius 3 is 2.28 bits per heavy atom. The summed E-state index contributed by atoms with van der Waals surface area (Å²) in [6, 6.07) is 16.6. The number of thiazole rings is 1. The third-order valence-corrected chi connectivity index (χ3v) is 14.5. The molecule has 1 saturated carbocycles. The number of amides is 4. The van der Waals surface area contributed by atoms with E-state index in [4.69, 9.17) is 9.47 Å². The van der Waals surface area contributed by atoms with Crippen molar-refractivity contribution in [2.75, 3.05) is 19.8 Å². The fourth-order valence-electron chi connectivity index (χ4n) is 9.94. The third kappa shape index (κ3) is 11.5. The summed E-state index contributed by atoms with van der Waals surface area (Å²) in [4.78, 5) is 61.3. The zero-order valence-electron chi connectivity index (χ0n) is 41.6. The summed E-state index contributed by atoms with van der Waals surface area (Å²) < 4.78 is 54.2. The summed E-state index contributed by atoms with van der Waals surface area (Å²) in [5.74, 6) is -1.80. The number of hydrogen-bond donors (Lipinski definition) is 4. The van der Waals surface area contributed by atoms with Gasteiger partial charge in [-0.25, -0.2) is 9.67 Å². The quantitative estimate of drug-likeness (QED) is 0.0730. The number of nitrogens with zero attached hydrogens (tertiary/aromatic N) is 6. The second-order valence-electron chi connectivity index (χ2n) is 20.7. The average molecular weight is 1010 g/mol. The first-order valence-corrected chi connectivity index (χ1v) is 24.4. The summed E-state index contributed by atoms with van der Waals surface area (Å²) >= 11 is 1.56. The molecule has 3 aromatic carbocycles. The number of aryl methyl sites for hydroxylation is 1. The summed E-state index contributed by atoms with van der Waals surface area (Å²) in [7, 11) is 0. The molecule has 4 N–H and O–H groups in total. The van der Waals surface area contributed by atoms with Gasteiger partial charge in [-0.2, -0.15) is 18.4 Å². The molecule has 1 saturated heterocycles. The van der Waals surface area contributed by atoms with Crippen LogP contribution in [-0.4, -0.2) is 104 Å². The molecule has 2 aromatic heterocycles. The van der Waals surface area contributed by atoms with Gasteiger partial charge in [-0.3, -0.25) is 19.2 Å². The fraction of sp³-hybridized carbons (Fsp3) is 0.462. The first kappa shape index (κ1) is 53.1. The van der Waals surface area contributed by atoms with Crippen LogP contribution < -0.4 is 20.7 Å². The molecule has 0 radical (unpaired) electrons. The highest BCUT2D eigenvalue weighted by Crippen LogP contribution is 2.56. The van der Waals surface area contributed by atoms with Gasteiger partial charge in [0.25, 0.3) is 5.91 Å². The lowest BCUT2D eigenvalue weighted by atomic mass is 9.49. The second kappa shape index (κ2) is 20.8. The Morgan fingerprint density at radius 1 is 0.986 bits per heavy atom. The average Bonchev–Trinajstić information content (AvgIpc) is 4.09. The van der Waals surface area contributed by atoms with Crippen molar-refractivity contribution in [1.82, 2.24) is 40.8 Å². The standard InChI is InChI=1S/C52H60F3N9O7S/c1-29(31-10-12-32(13-11-31)42-30(2)57-28-72-42)58-45(68)40-22-37(65)26-63(40)46(69)43(49(3,4)5)59-41(66)27-70-21-20-35-25-64(62-61-35)36-17-14-33(15-18-36)44(67)60-47-50(6,7)48(51(47,8)9)71-38-19-16-34(24-56)39(23-38)52(53,54)55/h10-19,23,25,28-29,37,40,43,47-48,65H,20-22,26-27H2,1-9H3,(H,58,68)(H,59,66)(H,60,67)/t29-,37+,40-,43+,47?,48?/m0/s1. The molecule has 3 heterocycles. The smallest absolute Gasteiger partial charge is 0.417 e. The number of carbonyl (C=O) groups excluding carboxylic acids is 4. The van der Waals surface area contributed by atoms with E-state index < -0.39 is 81.6 Å². The predicted octanol–water partition coefficient (Wildman–Crippen LogP) is 7.13. The number of nitrogens with one attached hydrogen (secondary N) is 3. The van der Waals surface area contributed by atoms with Crippen LogP contribution in [0.3, 0.4) is 0 Å². The van der Waals surface area contributed by atoms with Crippen molar-refractivity contribution in [3.63, 3.8) is 0 Å². The summed E-state index contributed by atoms with van der Waals surface area (Å²) in [6.07, 6.45) is -4.16. The highest BCUT2D eigenvalue weighted by molar-refractivity contribution is 7.13. The van der Waals surface area contributed by atoms with Crippen LogP contribution in [0.4, 0.5) is 13.2 Å². The number of ether oxygens (including phenoxy) is 2. The van der Waals surface area contributed by atoms with Crippen LogP contribution in [-0.2, 0) is 31.7 Å². The summed E-state index contributed by atoms with van der Waals surface area (Å²) in [6.45, 7) is 16.4. The lowest BCUT2D eigenvalue weighted by Gasteiger charge is -2.63. The monoisotopic (exact) mass is 1010 g/mol. The number of hydrogen-bond acceptors (Lipinski definition) is 12. The minimum atomic E-state index is -4.73. The minimum absolute atomic E-state index is 0.0224. The number of aliphatic hydroxyl groups excluding tert-OH is 1. The molecule has 16 nitrogen and oxygen atoms in total. The lowest BCUT2D eigenvalue weighted by Crippen LogP contribution is -2.74. The number of benzene rings is 3. The lowest BCUT2D eigenvalue weighted by molar-refractivity contribution is -0.164. The topological polar surface area (TPSA) is 214 Å². The molecule has 0 bridgehead atoms. The maximum Gasteiger partial charge on any atom is 0.417 e. The van der Waals surface area contributed by atoms with E-state index in [9.17, 15) is 42.7 Å². The minimum Gasteiger partial charge on any atom is -0.489 e. The van der Waals surface area contributed by atoms with Crippen LogP contribution in [0.1, 0.15) is 106 Å². The number of alkyl halides is 3. The van der Waals surface area contributed by atoms with Gasteiger partial charge in [-0.15, -0.1) is 16.4 Å². The number of nitriles is 1. The van der Waals surface area contributed by atoms with Gasteiger partial charge in [-0.05, 0) is 72.9 Å². The van der Waals surface area contributed by atoms with E-state index in [0.717, 1.165) is 33.8 Å². The van der Waals surface area contributed by atoms with Gasteiger partial charge in [-0.1, -0.05) is 77.9 Å². The molecule has 72 heavy (non-hydrogen) atoms. The summed E-state index contributed by atoms with van der Waals surface area (Å²) in [5.41, 5.74) is 2.51. The Morgan fingerprint density at radius 2 is 1.67 bits per heavy atom. The van der Waals surface area contributed by atoms with Gasteiger partial charge >= 0.3 is 6.18 Å². The van der Waals surface area contributed by atoms with Crippen molar-refractivity contribution < 1.29 is 46.9 Å². The van der Waals surface area contributed by atoms with E-state index in [1.165, 1.54) is 15.6 Å². The van der Waals surface area contributed by atoms with Gasteiger partial charge in [0.05, 0.1) is 69.6 Å². The molecule has 4 amide bonds. The third-order valence-electron chi connectivity index (χ3n) is 13.5. The number of aromatic nitrogens is 4. The molecule has 1 aliphatic heterocycles. The Bertz CT molecular complexity index is 2820. The first-order chi connectivity index (χ1) is 33.8. The number of rotatable bonds is 16. The van der Waals surface area contributed by atoms with Gasteiger partial charge in [0.1, 0.15) is 30.5 Å². The van der Waals surface area contributed by atoms with Crippen LogP contribution in [0, 0.1) is 34.5 Å². The van der Waals surface area contributed by atoms with E-state index in [2.05, 4.69) is 31.2 Å². The second-order valence-corrected chi connectivity index (χ2v) is 21.6. The highest BCUT2D eigenvalue weighted by Gasteiger charge is 2.64. The highest BCUT2D eigenvalue weighted by atomic mass is 32.1. The van der Waals surface area contributed by atoms with Crippen molar-refractivity contribution in [1.29, 1.82) is 5.26 Å². The van der Waals surface area contributed by atoms with Crippen LogP contribution in [0.25, 0.3) is 16.1 Å². The largest absolute Gasteiger partial charge is 0.489 e. The van der Waals surface area contributed by atoms with Crippen LogP contribution in [0.5, 0.6) is 5.75 Å². The van der Waals surface area contributed by atoms with Crippen LogP contribution >= 0.6 is 11.3 Å². The van der Waals surface area contributed by atoms with E-state index in [0.29, 0.717) is 23.4 Å². The van der Waals surface area contributed by atoms with Crippen molar-refractivity contribution >= 4 is 35.0 Å². The van der Waals surface area contributed by atoms with Gasteiger partial charge < -0.3 is 35.4 Å². The zero-order valence-corrected chi connectivity index (χ0v) is 42.4. The van der Waals surface area contributed by atoms with Gasteiger partial charge in [0.2, 0.25) is 17.7 Å². The molecule has 382 valence electrons. The van der Waals surface area contributed by atoms with Crippen LogP contribution in [0.15, 0.2) is 78.4 Å². The number of likely N-dealkylation sites (tertiary alicyclic amines) is 1. The molecule has 4 atom stereocenters. The maximum absolute atomic E-state index is 14.1. The normalized spacial score (nSPS) is 20.1. The summed E-state index contributed by atoms with van der Waals surface area (Å²) in [5, 5.41) is 37.1. The Hall–Kier alpha value is -6.69. The van der Waals surface area contributed by atoms with E-state index >= 15 is 0 Å². The van der Waals surface area contributed by atoms with Crippen molar-refractivity contribution in [2.24, 2.45) is 16.2 Å². The van der Waals surface area contributed by atoms with Crippen molar-refractivity contribution in [2.45, 2.75) is 118 Å². The Balaban J connectivity index is 0.876. The van der Waals surface area contributed by atoms with Gasteiger partial charge in [0, 0.05) is 41.8 Å². The number of β-amino-alcohol motifs (C(OH)–C–C–N with tert-alkyl or cyclic N) is 1. The molecule has 5 aromatic rings. The van der Waals surface area contributed by atoms with E-state index in [1.54, 1.807) is 74.2 Å². The first-order valence-electron chi connectivity index (χ1n) is 23.6. The number of carbonyl (C=O) groups is 4. The molecule has 7 rings (SSSR count). The van der Waals surface area contributed by atoms with Crippen LogP contribution in [0.2, 0.25) is 0 Å². The molecule has 20 heteroatoms. The molecule has 2 aliphatic rings. The van der Waals surface area contributed by atoms with E-state index in [1.807, 2.05) is 65.8 Å². The van der Waals surface area contributed by atoms with Gasteiger partial charge in [0.15, 0.2) is 0 Å². The molecule has 0 unspecified atom stereocenters. The Kier molecular flexibility index (Phi) is 15.3. The molecule has 0 spiro atoms. The molecular formula is C52H60F3N9O7S. The van der Waals surface area contributed by atoms with Crippen molar-refractivity contribution in [3.05, 3.63) is 112 Å². The van der Waals surface area contributed by atoms with E-state index in [-0.39, 0.29) is 43.9 Å². The predicted molar refractivity (Wildman–Crippen MR) is 262 cm³/mol. The maximum atomic E-state index is 14.1. The van der Waals surface area contributed by atoms with Crippen molar-refractivity contribution in [3.8, 4) is 27.9 Å². The molecule has 1 aliphatic carbocycles. The molecular weight excluding hydrogens is 952 g/mol. The fourth-order valence-corrected chi connectivity index (χ4v) is 10.8. The number of aliphatic hydroxyl groups is 1. The molecule has 2 fully saturated rings. The SMILES string of the molecule is Cc1ncsc1-c1ccc([C@H](C)NC(=O)[C@@H]2C[C@@H](O)CN2C(=O)[C@@H](NC(=O)COCCc2cn(-c3ccc(C(=O)NC4C(C)(C)C(Oc5ccc(C#N)c(C(F)(F)F)c5)C4(C)C)cc3)nn2)C(C)(C)C)cc1.